The van der Waals surface area contributed by atoms with Gasteiger partial charge in [-0.15, -0.1) is 0 Å². The summed E-state index contributed by atoms with van der Waals surface area (Å²) in [5, 5.41) is 7.56. The first kappa shape index (κ1) is 31.5. The van der Waals surface area contributed by atoms with E-state index in [1.165, 1.54) is 82.4 Å². The van der Waals surface area contributed by atoms with E-state index in [0.717, 1.165) is 17.1 Å². The number of hydrogen-bond acceptors (Lipinski definition) is 1. The molecule has 0 fully saturated rings. The summed E-state index contributed by atoms with van der Waals surface area (Å²) in [5.41, 5.74) is 14.6. The molecule has 0 unspecified atom stereocenters. The smallest absolute Gasteiger partial charge is 0.0468 e. The Balaban J connectivity index is 1.45. The van der Waals surface area contributed by atoms with Gasteiger partial charge in [0.1, 0.15) is 0 Å². The van der Waals surface area contributed by atoms with Gasteiger partial charge >= 0.3 is 0 Å². The molecule has 0 aliphatic rings. The molecule has 0 aliphatic heterocycles. The average molecular weight is 666 g/mol. The van der Waals surface area contributed by atoms with E-state index in [4.69, 9.17) is 0 Å². The van der Waals surface area contributed by atoms with Gasteiger partial charge in [-0.25, -0.2) is 0 Å². The standard InChI is InChI=1S/C51H39N/c1-34-18-24-37(25-19-34)46-33-47(38-26-20-35(2)21-27-38)50-45-31-30-42(52(40-12-6-4-7-13-40)41-14-8-5-9-15-41)32-48(45)43-16-10-11-17-44(43)51(50)49(46)39-28-22-36(3)23-29-39/h4-33H,1-3H3. The molecule has 0 radical (unpaired) electrons. The largest absolute Gasteiger partial charge is 0.310 e. The first-order valence-corrected chi connectivity index (χ1v) is 18.1. The van der Waals surface area contributed by atoms with Crippen LogP contribution in [-0.2, 0) is 0 Å². The number of para-hydroxylation sites is 2. The van der Waals surface area contributed by atoms with Crippen molar-refractivity contribution >= 4 is 49.4 Å². The van der Waals surface area contributed by atoms with E-state index in [1.807, 2.05) is 0 Å². The predicted molar refractivity (Wildman–Crippen MR) is 224 cm³/mol. The fraction of sp³-hybridized carbons (Fsp3) is 0.0588. The van der Waals surface area contributed by atoms with Gasteiger partial charge in [0.05, 0.1) is 0 Å². The van der Waals surface area contributed by atoms with Crippen molar-refractivity contribution in [2.75, 3.05) is 4.90 Å². The monoisotopic (exact) mass is 665 g/mol. The summed E-state index contributed by atoms with van der Waals surface area (Å²) < 4.78 is 0. The summed E-state index contributed by atoms with van der Waals surface area (Å²) in [6.07, 6.45) is 0. The molecule has 0 aliphatic carbocycles. The highest BCUT2D eigenvalue weighted by molar-refractivity contribution is 6.33. The molecule has 248 valence electrons. The Morgan fingerprint density at radius 3 is 1.33 bits per heavy atom. The predicted octanol–water partition coefficient (Wildman–Crippen LogP) is 14.5. The molecule has 9 rings (SSSR count). The molecule has 0 atom stereocenters. The van der Waals surface area contributed by atoms with E-state index in [2.05, 4.69) is 208 Å². The molecule has 9 aromatic rings. The van der Waals surface area contributed by atoms with Crippen LogP contribution >= 0.6 is 0 Å². The summed E-state index contributed by atoms with van der Waals surface area (Å²) >= 11 is 0. The summed E-state index contributed by atoms with van der Waals surface area (Å²) in [4.78, 5) is 2.36. The third-order valence-corrected chi connectivity index (χ3v) is 10.4. The fourth-order valence-corrected chi connectivity index (χ4v) is 7.82. The van der Waals surface area contributed by atoms with E-state index in [9.17, 15) is 0 Å². The Morgan fingerprint density at radius 1 is 0.308 bits per heavy atom. The van der Waals surface area contributed by atoms with Gasteiger partial charge in [0.15, 0.2) is 0 Å². The number of fused-ring (bicyclic) bond motifs is 6. The maximum Gasteiger partial charge on any atom is 0.0468 e. The van der Waals surface area contributed by atoms with Gasteiger partial charge in [-0.1, -0.05) is 156 Å². The molecule has 0 bridgehead atoms. The lowest BCUT2D eigenvalue weighted by molar-refractivity contribution is 1.29. The molecule has 9 aromatic carbocycles. The van der Waals surface area contributed by atoms with Crippen LogP contribution < -0.4 is 4.90 Å². The van der Waals surface area contributed by atoms with Gasteiger partial charge in [-0.05, 0) is 129 Å². The minimum absolute atomic E-state index is 1.13. The third kappa shape index (κ3) is 5.52. The summed E-state index contributed by atoms with van der Waals surface area (Å²) in [6.45, 7) is 6.49. The molecule has 1 heteroatoms. The summed E-state index contributed by atoms with van der Waals surface area (Å²) in [6, 6.07) is 67.0. The highest BCUT2D eigenvalue weighted by Crippen LogP contribution is 2.50. The van der Waals surface area contributed by atoms with E-state index in [0.29, 0.717) is 0 Å². The molecule has 0 N–H and O–H groups in total. The van der Waals surface area contributed by atoms with Crippen LogP contribution in [0.2, 0.25) is 0 Å². The zero-order chi connectivity index (χ0) is 35.2. The molecule has 0 saturated heterocycles. The number of hydrogen-bond donors (Lipinski definition) is 0. The Kier molecular flexibility index (Phi) is 7.90. The van der Waals surface area contributed by atoms with E-state index >= 15 is 0 Å². The van der Waals surface area contributed by atoms with Gasteiger partial charge < -0.3 is 4.90 Å². The van der Waals surface area contributed by atoms with E-state index in [-0.39, 0.29) is 0 Å². The molecule has 0 aromatic heterocycles. The third-order valence-electron chi connectivity index (χ3n) is 10.4. The lowest BCUT2D eigenvalue weighted by Crippen LogP contribution is -2.09. The maximum absolute atomic E-state index is 2.45. The van der Waals surface area contributed by atoms with Crippen LogP contribution in [0.25, 0.3) is 65.7 Å². The Labute approximate surface area is 306 Å². The zero-order valence-corrected chi connectivity index (χ0v) is 29.8. The van der Waals surface area contributed by atoms with E-state index < -0.39 is 0 Å². The second-order valence-electron chi connectivity index (χ2n) is 14.0. The fourth-order valence-electron chi connectivity index (χ4n) is 7.82. The van der Waals surface area contributed by atoms with Crippen LogP contribution in [0.1, 0.15) is 16.7 Å². The minimum Gasteiger partial charge on any atom is -0.310 e. The van der Waals surface area contributed by atoms with Gasteiger partial charge in [-0.2, -0.15) is 0 Å². The Bertz CT molecular complexity index is 2670. The van der Waals surface area contributed by atoms with Crippen LogP contribution in [0, 0.1) is 20.8 Å². The molecule has 0 spiro atoms. The van der Waals surface area contributed by atoms with E-state index in [1.54, 1.807) is 0 Å². The number of nitrogens with zero attached hydrogens (tertiary/aromatic N) is 1. The lowest BCUT2D eigenvalue weighted by Gasteiger charge is -2.27. The maximum atomic E-state index is 2.45. The number of rotatable bonds is 6. The molecule has 52 heavy (non-hydrogen) atoms. The van der Waals surface area contributed by atoms with Crippen molar-refractivity contribution in [2.45, 2.75) is 20.8 Å². The van der Waals surface area contributed by atoms with Crippen molar-refractivity contribution in [2.24, 2.45) is 0 Å². The van der Waals surface area contributed by atoms with Gasteiger partial charge in [0.25, 0.3) is 0 Å². The van der Waals surface area contributed by atoms with Gasteiger partial charge in [0, 0.05) is 17.1 Å². The van der Waals surface area contributed by atoms with Crippen LogP contribution in [0.4, 0.5) is 17.1 Å². The summed E-state index contributed by atoms with van der Waals surface area (Å²) in [5.74, 6) is 0. The minimum atomic E-state index is 1.13. The molecular weight excluding hydrogens is 627 g/mol. The van der Waals surface area contributed by atoms with Crippen molar-refractivity contribution in [3.8, 4) is 33.4 Å². The lowest BCUT2D eigenvalue weighted by atomic mass is 9.81. The Hall–Kier alpha value is -6.44. The van der Waals surface area contributed by atoms with Crippen molar-refractivity contribution in [3.05, 3.63) is 199 Å². The highest BCUT2D eigenvalue weighted by Gasteiger charge is 2.23. The quantitative estimate of drug-likeness (QED) is 0.160. The van der Waals surface area contributed by atoms with Gasteiger partial charge in [0.2, 0.25) is 0 Å². The van der Waals surface area contributed by atoms with Crippen LogP contribution in [0.3, 0.4) is 0 Å². The summed E-state index contributed by atoms with van der Waals surface area (Å²) in [7, 11) is 0. The van der Waals surface area contributed by atoms with Crippen molar-refractivity contribution < 1.29 is 0 Å². The molecule has 0 amide bonds. The second-order valence-corrected chi connectivity index (χ2v) is 14.0. The number of aryl methyl sites for hydroxylation is 3. The first-order chi connectivity index (χ1) is 25.5. The zero-order valence-electron chi connectivity index (χ0n) is 29.8. The molecular formula is C51H39N. The van der Waals surface area contributed by atoms with Crippen molar-refractivity contribution in [3.63, 3.8) is 0 Å². The molecule has 0 saturated carbocycles. The van der Waals surface area contributed by atoms with Crippen LogP contribution in [0.5, 0.6) is 0 Å². The SMILES string of the molecule is Cc1ccc(-c2cc(-c3ccc(C)cc3)c3c4ccc(N(c5ccccc5)c5ccccc5)cc4c4ccccc4c3c2-c2ccc(C)cc2)cc1. The Morgan fingerprint density at radius 2 is 0.769 bits per heavy atom. The second kappa shape index (κ2) is 13.0. The topological polar surface area (TPSA) is 3.24 Å². The van der Waals surface area contributed by atoms with Crippen molar-refractivity contribution in [1.29, 1.82) is 0 Å². The first-order valence-electron chi connectivity index (χ1n) is 18.1. The molecule has 1 nitrogen and oxygen atoms in total. The van der Waals surface area contributed by atoms with Crippen LogP contribution in [-0.4, -0.2) is 0 Å². The van der Waals surface area contributed by atoms with Crippen LogP contribution in [0.15, 0.2) is 182 Å². The highest BCUT2D eigenvalue weighted by atomic mass is 15.1. The normalized spacial score (nSPS) is 11.4. The molecule has 0 heterocycles. The number of anilines is 3. The van der Waals surface area contributed by atoms with Crippen molar-refractivity contribution in [1.82, 2.24) is 0 Å². The average Bonchev–Trinajstić information content (AvgIpc) is 3.19. The number of benzene rings is 9. The van der Waals surface area contributed by atoms with Gasteiger partial charge in [-0.3, -0.25) is 0 Å².